The molecule has 1 aromatic carbocycles. The van der Waals surface area contributed by atoms with Gasteiger partial charge in [-0.2, -0.15) is 0 Å². The lowest BCUT2D eigenvalue weighted by atomic mass is 10.2. The average molecular weight is 249 g/mol. The molecule has 0 atom stereocenters. The Bertz CT molecular complexity index is 375. The van der Waals surface area contributed by atoms with Crippen molar-refractivity contribution in [1.29, 1.82) is 0 Å². The fraction of sp³-hybridized carbons (Fsp3) is 0.600. The lowest BCUT2D eigenvalue weighted by Gasteiger charge is -2.13. The Hall–Kier alpha value is -1.22. The molecule has 0 radical (unpaired) electrons. The van der Waals surface area contributed by atoms with Gasteiger partial charge < -0.3 is 14.8 Å². The molecule has 3 heteroatoms. The van der Waals surface area contributed by atoms with E-state index in [-0.39, 0.29) is 0 Å². The molecule has 1 N–H and O–H groups in total. The molecule has 2 rings (SSSR count). The second kappa shape index (κ2) is 6.64. The molecule has 18 heavy (non-hydrogen) atoms. The van der Waals surface area contributed by atoms with Crippen LogP contribution < -0.4 is 14.8 Å². The molecule has 1 aliphatic carbocycles. The van der Waals surface area contributed by atoms with Crippen LogP contribution in [0.1, 0.15) is 31.7 Å². The zero-order chi connectivity index (χ0) is 12.8. The summed E-state index contributed by atoms with van der Waals surface area (Å²) >= 11 is 0. The molecular weight excluding hydrogens is 226 g/mol. The van der Waals surface area contributed by atoms with Gasteiger partial charge >= 0.3 is 0 Å². The fourth-order valence-electron chi connectivity index (χ4n) is 1.83. The molecule has 1 aliphatic rings. The van der Waals surface area contributed by atoms with Crippen LogP contribution in [0, 0.1) is 5.92 Å². The minimum Gasteiger partial charge on any atom is -0.497 e. The maximum absolute atomic E-state index is 5.91. The van der Waals surface area contributed by atoms with Gasteiger partial charge in [0.15, 0.2) is 0 Å². The first-order chi connectivity index (χ1) is 8.83. The van der Waals surface area contributed by atoms with E-state index in [4.69, 9.17) is 9.47 Å². The van der Waals surface area contributed by atoms with Crippen LogP contribution in [0.15, 0.2) is 18.2 Å². The Morgan fingerprint density at radius 2 is 2.17 bits per heavy atom. The first-order valence-electron chi connectivity index (χ1n) is 6.84. The van der Waals surface area contributed by atoms with Crippen LogP contribution >= 0.6 is 0 Å². The van der Waals surface area contributed by atoms with Gasteiger partial charge in [-0.05, 0) is 37.8 Å². The van der Waals surface area contributed by atoms with E-state index in [0.717, 1.165) is 43.5 Å². The van der Waals surface area contributed by atoms with Crippen molar-refractivity contribution in [3.63, 3.8) is 0 Å². The first kappa shape index (κ1) is 13.2. The lowest BCUT2D eigenvalue weighted by molar-refractivity contribution is 0.294. The summed E-state index contributed by atoms with van der Waals surface area (Å²) < 4.78 is 11.2. The third kappa shape index (κ3) is 3.91. The molecule has 1 saturated carbocycles. The minimum atomic E-state index is 0.771. The monoisotopic (exact) mass is 249 g/mol. The van der Waals surface area contributed by atoms with Gasteiger partial charge in [0, 0.05) is 18.2 Å². The molecule has 0 aromatic heterocycles. The van der Waals surface area contributed by atoms with Crippen LogP contribution in [0.5, 0.6) is 11.5 Å². The Kier molecular flexibility index (Phi) is 4.88. The number of benzene rings is 1. The highest BCUT2D eigenvalue weighted by Gasteiger charge is 2.22. The summed E-state index contributed by atoms with van der Waals surface area (Å²) in [6.07, 6.45) is 3.77. The Balaban J connectivity index is 1.99. The third-order valence-electron chi connectivity index (χ3n) is 3.19. The van der Waals surface area contributed by atoms with Crippen molar-refractivity contribution in [2.75, 3.05) is 20.3 Å². The number of ether oxygens (including phenoxy) is 2. The van der Waals surface area contributed by atoms with Gasteiger partial charge in [0.1, 0.15) is 11.5 Å². The molecule has 0 heterocycles. The highest BCUT2D eigenvalue weighted by atomic mass is 16.5. The average Bonchev–Trinajstić information content (AvgIpc) is 3.21. The van der Waals surface area contributed by atoms with Crippen molar-refractivity contribution in [3.05, 3.63) is 23.8 Å². The van der Waals surface area contributed by atoms with E-state index in [1.165, 1.54) is 18.4 Å². The van der Waals surface area contributed by atoms with Gasteiger partial charge in [-0.15, -0.1) is 0 Å². The number of methoxy groups -OCH3 is 1. The maximum Gasteiger partial charge on any atom is 0.127 e. The Morgan fingerprint density at radius 1 is 1.33 bits per heavy atom. The smallest absolute Gasteiger partial charge is 0.127 e. The molecule has 1 aromatic rings. The van der Waals surface area contributed by atoms with E-state index >= 15 is 0 Å². The molecule has 0 amide bonds. The summed E-state index contributed by atoms with van der Waals surface area (Å²) in [5, 5.41) is 3.41. The quantitative estimate of drug-likeness (QED) is 0.718. The standard InChI is InChI=1S/C15H23NO2/c1-3-8-16-10-13-6-7-14(17-2)9-15(13)18-11-12-4-5-12/h6-7,9,12,16H,3-5,8,10-11H2,1-2H3. The van der Waals surface area contributed by atoms with Crippen LogP contribution in [0.2, 0.25) is 0 Å². The predicted octanol–water partition coefficient (Wildman–Crippen LogP) is 2.98. The number of rotatable bonds is 8. The molecule has 3 nitrogen and oxygen atoms in total. The van der Waals surface area contributed by atoms with Crippen molar-refractivity contribution >= 4 is 0 Å². The number of hydrogen-bond acceptors (Lipinski definition) is 3. The van der Waals surface area contributed by atoms with E-state index in [0.29, 0.717) is 0 Å². The van der Waals surface area contributed by atoms with Gasteiger partial charge in [0.05, 0.1) is 13.7 Å². The summed E-state index contributed by atoms with van der Waals surface area (Å²) in [5.41, 5.74) is 1.21. The molecule has 0 unspecified atom stereocenters. The summed E-state index contributed by atoms with van der Waals surface area (Å²) in [6.45, 7) is 4.91. The normalized spacial score (nSPS) is 14.6. The van der Waals surface area contributed by atoms with Crippen molar-refractivity contribution < 1.29 is 9.47 Å². The third-order valence-corrected chi connectivity index (χ3v) is 3.19. The van der Waals surface area contributed by atoms with Gasteiger partial charge in [0.2, 0.25) is 0 Å². The SMILES string of the molecule is CCCNCc1ccc(OC)cc1OCC1CC1. The van der Waals surface area contributed by atoms with Crippen LogP contribution in [-0.4, -0.2) is 20.3 Å². The summed E-state index contributed by atoms with van der Waals surface area (Å²) in [4.78, 5) is 0. The summed E-state index contributed by atoms with van der Waals surface area (Å²) in [5.74, 6) is 2.59. The zero-order valence-corrected chi connectivity index (χ0v) is 11.4. The summed E-state index contributed by atoms with van der Waals surface area (Å²) in [7, 11) is 1.69. The first-order valence-corrected chi connectivity index (χ1v) is 6.84. The van der Waals surface area contributed by atoms with E-state index in [1.807, 2.05) is 12.1 Å². The van der Waals surface area contributed by atoms with Crippen LogP contribution in [0.25, 0.3) is 0 Å². The van der Waals surface area contributed by atoms with Crippen LogP contribution in [-0.2, 0) is 6.54 Å². The summed E-state index contributed by atoms with van der Waals surface area (Å²) in [6, 6.07) is 6.07. The Morgan fingerprint density at radius 3 is 2.83 bits per heavy atom. The molecule has 0 spiro atoms. The molecule has 0 bridgehead atoms. The molecular formula is C15H23NO2. The highest BCUT2D eigenvalue weighted by Crippen LogP contribution is 2.31. The maximum atomic E-state index is 5.91. The molecule has 100 valence electrons. The van der Waals surface area contributed by atoms with E-state index in [2.05, 4.69) is 18.3 Å². The number of nitrogens with one attached hydrogen (secondary N) is 1. The van der Waals surface area contributed by atoms with Crippen molar-refractivity contribution in [3.8, 4) is 11.5 Å². The van der Waals surface area contributed by atoms with E-state index in [1.54, 1.807) is 7.11 Å². The zero-order valence-electron chi connectivity index (χ0n) is 11.4. The lowest BCUT2D eigenvalue weighted by Crippen LogP contribution is -2.15. The van der Waals surface area contributed by atoms with Gasteiger partial charge in [0.25, 0.3) is 0 Å². The topological polar surface area (TPSA) is 30.5 Å². The Labute approximate surface area is 109 Å². The van der Waals surface area contributed by atoms with E-state index < -0.39 is 0 Å². The highest BCUT2D eigenvalue weighted by molar-refractivity contribution is 5.40. The molecule has 0 aliphatic heterocycles. The van der Waals surface area contributed by atoms with E-state index in [9.17, 15) is 0 Å². The van der Waals surface area contributed by atoms with Crippen LogP contribution in [0.4, 0.5) is 0 Å². The van der Waals surface area contributed by atoms with Crippen LogP contribution in [0.3, 0.4) is 0 Å². The largest absolute Gasteiger partial charge is 0.497 e. The van der Waals surface area contributed by atoms with Crippen molar-refractivity contribution in [2.24, 2.45) is 5.92 Å². The van der Waals surface area contributed by atoms with Crippen molar-refractivity contribution in [2.45, 2.75) is 32.7 Å². The molecule has 0 saturated heterocycles. The molecule has 1 fully saturated rings. The van der Waals surface area contributed by atoms with Crippen molar-refractivity contribution in [1.82, 2.24) is 5.32 Å². The second-order valence-electron chi connectivity index (χ2n) is 4.90. The predicted molar refractivity (Wildman–Crippen MR) is 73.2 cm³/mol. The second-order valence-corrected chi connectivity index (χ2v) is 4.90. The van der Waals surface area contributed by atoms with Gasteiger partial charge in [-0.3, -0.25) is 0 Å². The number of hydrogen-bond donors (Lipinski definition) is 1. The van der Waals surface area contributed by atoms with Gasteiger partial charge in [-0.25, -0.2) is 0 Å². The minimum absolute atomic E-state index is 0.771. The van der Waals surface area contributed by atoms with Gasteiger partial charge in [-0.1, -0.05) is 13.0 Å². The fourth-order valence-corrected chi connectivity index (χ4v) is 1.83.